The van der Waals surface area contributed by atoms with E-state index in [2.05, 4.69) is 39.6 Å². The van der Waals surface area contributed by atoms with Crippen LogP contribution in [-0.4, -0.2) is 11.9 Å². The number of nitrogens with zero attached hydrogens (tertiary/aromatic N) is 1. The Balaban J connectivity index is 4.40. The van der Waals surface area contributed by atoms with Gasteiger partial charge < -0.3 is 5.73 Å². The zero-order valence-electron chi connectivity index (χ0n) is 7.60. The van der Waals surface area contributed by atoms with Crippen LogP contribution in [0.4, 0.5) is 0 Å². The molecular weight excluding hydrogens is 124 g/mol. The van der Waals surface area contributed by atoms with Crippen LogP contribution in [0.25, 0.3) is 0 Å². The quantitative estimate of drug-likeness (QED) is 0.440. The van der Waals surface area contributed by atoms with Gasteiger partial charge in [-0.3, -0.25) is 4.99 Å². The third-order valence-electron chi connectivity index (χ3n) is 2.23. The third kappa shape index (κ3) is 2.01. The van der Waals surface area contributed by atoms with Crippen molar-refractivity contribution in [3.05, 3.63) is 0 Å². The van der Waals surface area contributed by atoms with E-state index >= 15 is 0 Å². The number of rotatable bonds is 1. The number of nitrogens with two attached hydrogens (primary N) is 1. The number of aliphatic imine (C=N–C) groups is 1. The monoisotopic (exact) mass is 142 g/mol. The zero-order chi connectivity index (χ0) is 8.41. The van der Waals surface area contributed by atoms with Gasteiger partial charge >= 0.3 is 0 Å². The standard InChI is InChI=1S/C8H18N2/c1-7(2,3)8(4,5)10-6-9/h6H,1-5H3,(H2,9,10). The molecule has 0 aliphatic heterocycles. The Morgan fingerprint density at radius 3 is 1.60 bits per heavy atom. The summed E-state index contributed by atoms with van der Waals surface area (Å²) < 4.78 is 0. The largest absolute Gasteiger partial charge is 0.390 e. The molecule has 0 unspecified atom stereocenters. The summed E-state index contributed by atoms with van der Waals surface area (Å²) in [6.07, 6.45) is 1.38. The summed E-state index contributed by atoms with van der Waals surface area (Å²) >= 11 is 0. The predicted molar refractivity (Wildman–Crippen MR) is 46.2 cm³/mol. The summed E-state index contributed by atoms with van der Waals surface area (Å²) in [4.78, 5) is 4.18. The number of hydrogen-bond acceptors (Lipinski definition) is 1. The van der Waals surface area contributed by atoms with Gasteiger partial charge in [0.1, 0.15) is 0 Å². The molecule has 0 aromatic rings. The van der Waals surface area contributed by atoms with E-state index in [-0.39, 0.29) is 11.0 Å². The highest BCUT2D eigenvalue weighted by atomic mass is 14.9. The molecule has 2 nitrogen and oxygen atoms in total. The zero-order valence-corrected chi connectivity index (χ0v) is 7.60. The van der Waals surface area contributed by atoms with Crippen molar-refractivity contribution in [2.75, 3.05) is 0 Å². The molecule has 0 spiro atoms. The average Bonchev–Trinajstić information content (AvgIpc) is 1.61. The first kappa shape index (κ1) is 9.47. The van der Waals surface area contributed by atoms with Crippen molar-refractivity contribution in [1.29, 1.82) is 0 Å². The van der Waals surface area contributed by atoms with Crippen LogP contribution < -0.4 is 5.73 Å². The van der Waals surface area contributed by atoms with E-state index < -0.39 is 0 Å². The molecule has 2 N–H and O–H groups in total. The fourth-order valence-corrected chi connectivity index (χ4v) is 0.380. The molecule has 0 rings (SSSR count). The van der Waals surface area contributed by atoms with Crippen LogP contribution in [0.3, 0.4) is 0 Å². The second kappa shape index (κ2) is 2.60. The Kier molecular flexibility index (Phi) is 2.47. The van der Waals surface area contributed by atoms with Gasteiger partial charge in [0, 0.05) is 0 Å². The van der Waals surface area contributed by atoms with Crippen LogP contribution in [0.5, 0.6) is 0 Å². The maximum Gasteiger partial charge on any atom is 0.0804 e. The van der Waals surface area contributed by atoms with Gasteiger partial charge in [0.25, 0.3) is 0 Å². The average molecular weight is 142 g/mol. The van der Waals surface area contributed by atoms with Crippen molar-refractivity contribution in [3.63, 3.8) is 0 Å². The van der Waals surface area contributed by atoms with E-state index in [0.29, 0.717) is 0 Å². The fraction of sp³-hybridized carbons (Fsp3) is 0.875. The minimum Gasteiger partial charge on any atom is -0.390 e. The van der Waals surface area contributed by atoms with Crippen LogP contribution >= 0.6 is 0 Å². The Morgan fingerprint density at radius 1 is 1.10 bits per heavy atom. The first-order valence-electron chi connectivity index (χ1n) is 3.57. The molecule has 0 saturated carbocycles. The summed E-state index contributed by atoms with van der Waals surface area (Å²) in [5, 5.41) is 0. The lowest BCUT2D eigenvalue weighted by Crippen LogP contribution is -2.35. The molecule has 0 saturated heterocycles. The highest BCUT2D eigenvalue weighted by Crippen LogP contribution is 2.32. The van der Waals surface area contributed by atoms with E-state index in [0.717, 1.165) is 0 Å². The van der Waals surface area contributed by atoms with Gasteiger partial charge in [0.05, 0.1) is 11.9 Å². The maximum atomic E-state index is 5.22. The van der Waals surface area contributed by atoms with Gasteiger partial charge in [-0.1, -0.05) is 20.8 Å². The van der Waals surface area contributed by atoms with Crippen molar-refractivity contribution in [1.82, 2.24) is 0 Å². The van der Waals surface area contributed by atoms with E-state index in [1.807, 2.05) is 0 Å². The predicted octanol–water partition coefficient (Wildman–Crippen LogP) is 1.80. The normalized spacial score (nSPS) is 14.5. The van der Waals surface area contributed by atoms with Crippen LogP contribution in [0.1, 0.15) is 34.6 Å². The number of hydrogen-bond donors (Lipinski definition) is 1. The molecule has 0 aromatic carbocycles. The van der Waals surface area contributed by atoms with Crippen LogP contribution in [0.2, 0.25) is 0 Å². The Hall–Kier alpha value is -0.530. The smallest absolute Gasteiger partial charge is 0.0804 e. The van der Waals surface area contributed by atoms with E-state index in [1.165, 1.54) is 6.34 Å². The lowest BCUT2D eigenvalue weighted by atomic mass is 9.77. The van der Waals surface area contributed by atoms with Crippen molar-refractivity contribution in [2.24, 2.45) is 16.1 Å². The SMILES string of the molecule is CC(C)(C)C(C)(C)N=CN. The second-order valence-corrected chi connectivity index (χ2v) is 4.09. The second-order valence-electron chi connectivity index (χ2n) is 4.09. The molecule has 0 aromatic heterocycles. The molecule has 0 aliphatic carbocycles. The molecule has 0 radical (unpaired) electrons. The molecule has 0 amide bonds. The van der Waals surface area contributed by atoms with Crippen molar-refractivity contribution >= 4 is 6.34 Å². The highest BCUT2D eigenvalue weighted by Gasteiger charge is 2.31. The first-order valence-corrected chi connectivity index (χ1v) is 3.57. The lowest BCUT2D eigenvalue weighted by molar-refractivity contribution is 0.234. The molecule has 0 atom stereocenters. The maximum absolute atomic E-state index is 5.22. The van der Waals surface area contributed by atoms with E-state index in [4.69, 9.17) is 5.73 Å². The first-order chi connectivity index (χ1) is 4.31. The van der Waals surface area contributed by atoms with Gasteiger partial charge in [0.15, 0.2) is 0 Å². The summed E-state index contributed by atoms with van der Waals surface area (Å²) in [6, 6.07) is 0. The third-order valence-corrected chi connectivity index (χ3v) is 2.23. The molecule has 60 valence electrons. The molecule has 0 bridgehead atoms. The van der Waals surface area contributed by atoms with Crippen molar-refractivity contribution in [2.45, 2.75) is 40.2 Å². The minimum absolute atomic E-state index is 0.0677. The van der Waals surface area contributed by atoms with Gasteiger partial charge in [-0.15, -0.1) is 0 Å². The Bertz CT molecular complexity index is 129. The van der Waals surface area contributed by atoms with E-state index in [9.17, 15) is 0 Å². The van der Waals surface area contributed by atoms with Gasteiger partial charge in [0.2, 0.25) is 0 Å². The summed E-state index contributed by atoms with van der Waals surface area (Å²) in [5.74, 6) is 0. The lowest BCUT2D eigenvalue weighted by Gasteiger charge is -2.34. The Morgan fingerprint density at radius 2 is 1.50 bits per heavy atom. The summed E-state index contributed by atoms with van der Waals surface area (Å²) in [6.45, 7) is 10.6. The van der Waals surface area contributed by atoms with E-state index in [1.54, 1.807) is 0 Å². The van der Waals surface area contributed by atoms with Crippen LogP contribution in [-0.2, 0) is 0 Å². The molecule has 0 aliphatic rings. The van der Waals surface area contributed by atoms with Gasteiger partial charge in [-0.25, -0.2) is 0 Å². The van der Waals surface area contributed by atoms with Gasteiger partial charge in [-0.2, -0.15) is 0 Å². The summed E-state index contributed by atoms with van der Waals surface area (Å²) in [7, 11) is 0. The van der Waals surface area contributed by atoms with Crippen LogP contribution in [0, 0.1) is 5.41 Å². The molecule has 10 heavy (non-hydrogen) atoms. The van der Waals surface area contributed by atoms with Gasteiger partial charge in [-0.05, 0) is 19.3 Å². The molecular formula is C8H18N2. The van der Waals surface area contributed by atoms with Crippen LogP contribution in [0.15, 0.2) is 4.99 Å². The molecule has 2 heteroatoms. The van der Waals surface area contributed by atoms with Crippen molar-refractivity contribution in [3.8, 4) is 0 Å². The molecule has 0 heterocycles. The summed E-state index contributed by atoms with van der Waals surface area (Å²) in [5.41, 5.74) is 5.32. The molecule has 0 fully saturated rings. The highest BCUT2D eigenvalue weighted by molar-refractivity contribution is 5.52. The topological polar surface area (TPSA) is 38.4 Å². The van der Waals surface area contributed by atoms with Crippen molar-refractivity contribution < 1.29 is 0 Å². The Labute approximate surface area is 63.5 Å². The fourth-order valence-electron chi connectivity index (χ4n) is 0.380. The minimum atomic E-state index is -0.0677.